The minimum Gasteiger partial charge on any atom is -0.494 e. The Morgan fingerprint density at radius 3 is 2.71 bits per heavy atom. The Bertz CT molecular complexity index is 2120. The molecule has 6 aromatic rings. The lowest BCUT2D eigenvalue weighted by atomic mass is 9.99. The van der Waals surface area contributed by atoms with Crippen molar-refractivity contribution in [1.82, 2.24) is 34.2 Å². The molecule has 4 aromatic heterocycles. The smallest absolute Gasteiger partial charge is 0.254 e. The quantitative estimate of drug-likeness (QED) is 0.248. The van der Waals surface area contributed by atoms with Crippen LogP contribution in [0.4, 0.5) is 0 Å². The van der Waals surface area contributed by atoms with Gasteiger partial charge in [0, 0.05) is 54.1 Å². The van der Waals surface area contributed by atoms with Gasteiger partial charge in [-0.2, -0.15) is 5.10 Å². The number of fused-ring (bicyclic) bond motifs is 3. The van der Waals surface area contributed by atoms with E-state index in [1.54, 1.807) is 7.11 Å². The van der Waals surface area contributed by atoms with Gasteiger partial charge in [0.05, 0.1) is 35.7 Å². The van der Waals surface area contributed by atoms with E-state index >= 15 is 0 Å². The first-order valence-electron chi connectivity index (χ1n) is 15.8. The largest absolute Gasteiger partial charge is 0.494 e. The highest BCUT2D eigenvalue weighted by molar-refractivity contribution is 6.00. The van der Waals surface area contributed by atoms with Crippen LogP contribution in [-0.4, -0.2) is 65.8 Å². The highest BCUT2D eigenvalue weighted by atomic mass is 16.5. The molecule has 8 rings (SSSR count). The number of aryl methyl sites for hydroxylation is 2. The van der Waals surface area contributed by atoms with Crippen LogP contribution in [0.1, 0.15) is 48.5 Å². The predicted octanol–water partition coefficient (Wildman–Crippen LogP) is 5.81. The van der Waals surface area contributed by atoms with Crippen LogP contribution in [0.5, 0.6) is 5.75 Å². The van der Waals surface area contributed by atoms with Crippen molar-refractivity contribution in [3.8, 4) is 28.5 Å². The molecule has 1 amide bonds. The molecule has 1 aliphatic heterocycles. The zero-order chi connectivity index (χ0) is 31.0. The summed E-state index contributed by atoms with van der Waals surface area (Å²) < 4.78 is 10.3. The van der Waals surface area contributed by atoms with Gasteiger partial charge < -0.3 is 24.5 Å². The van der Waals surface area contributed by atoms with Gasteiger partial charge in [-0.1, -0.05) is 0 Å². The molecule has 1 saturated carbocycles. The number of carbonyl (C=O) groups is 1. The van der Waals surface area contributed by atoms with Crippen molar-refractivity contribution >= 4 is 38.9 Å². The van der Waals surface area contributed by atoms with Crippen molar-refractivity contribution in [3.63, 3.8) is 0 Å². The molecule has 2 fully saturated rings. The van der Waals surface area contributed by atoms with Crippen LogP contribution in [0.2, 0.25) is 0 Å². The van der Waals surface area contributed by atoms with E-state index in [0.717, 1.165) is 80.7 Å². The van der Waals surface area contributed by atoms with Crippen LogP contribution in [0.3, 0.4) is 0 Å². The molecule has 0 spiro atoms. The lowest BCUT2D eigenvalue weighted by Crippen LogP contribution is -2.50. The summed E-state index contributed by atoms with van der Waals surface area (Å²) in [4.78, 5) is 26.0. The zero-order valence-corrected chi connectivity index (χ0v) is 26.2. The summed E-state index contributed by atoms with van der Waals surface area (Å²) >= 11 is 0. The first-order chi connectivity index (χ1) is 21.8. The molecule has 3 N–H and O–H groups in total. The second-order valence-electron chi connectivity index (χ2n) is 13.0. The first-order valence-corrected chi connectivity index (χ1v) is 15.8. The van der Waals surface area contributed by atoms with E-state index in [1.807, 2.05) is 30.3 Å². The van der Waals surface area contributed by atoms with E-state index in [9.17, 15) is 4.79 Å². The Morgan fingerprint density at radius 2 is 1.91 bits per heavy atom. The summed E-state index contributed by atoms with van der Waals surface area (Å²) in [5, 5.41) is 9.41. The molecule has 0 unspecified atom stereocenters. The average molecular weight is 603 g/mol. The van der Waals surface area contributed by atoms with E-state index < -0.39 is 0 Å². The fourth-order valence-electron chi connectivity index (χ4n) is 6.98. The van der Waals surface area contributed by atoms with Gasteiger partial charge >= 0.3 is 0 Å². The second kappa shape index (κ2) is 10.4. The third-order valence-electron chi connectivity index (χ3n) is 9.75. The molecule has 0 radical (unpaired) electrons. The maximum Gasteiger partial charge on any atom is 0.254 e. The molecule has 45 heavy (non-hydrogen) atoms. The Morgan fingerprint density at radius 1 is 1.07 bits per heavy atom. The summed E-state index contributed by atoms with van der Waals surface area (Å²) in [7, 11) is 3.66. The number of pyridine rings is 1. The lowest BCUT2D eigenvalue weighted by Gasteiger charge is -2.36. The molecular weight excluding hydrogens is 564 g/mol. The molecule has 0 bridgehead atoms. The van der Waals surface area contributed by atoms with Gasteiger partial charge in [0.15, 0.2) is 5.82 Å². The van der Waals surface area contributed by atoms with Crippen LogP contribution in [0.25, 0.3) is 55.7 Å². The van der Waals surface area contributed by atoms with Crippen LogP contribution in [-0.2, 0) is 13.6 Å². The van der Waals surface area contributed by atoms with Gasteiger partial charge in [0.1, 0.15) is 16.9 Å². The van der Waals surface area contributed by atoms with Gasteiger partial charge in [-0.15, -0.1) is 0 Å². The van der Waals surface area contributed by atoms with Crippen molar-refractivity contribution in [2.75, 3.05) is 13.7 Å². The molecule has 2 aromatic carbocycles. The summed E-state index contributed by atoms with van der Waals surface area (Å²) in [6.07, 6.45) is 6.12. The van der Waals surface area contributed by atoms with Crippen molar-refractivity contribution in [2.45, 2.75) is 58.2 Å². The SMILES string of the molecule is COc1cc(C(=O)N2C[C@H](N)CC[C@@H]2C)cc2nc(-c3cc4ccc(-c5cc6cn[nH]c6cc5C)nc4n3CC3CC3)n(C)c12. The first kappa shape index (κ1) is 27.8. The number of nitrogens with two attached hydrogens (primary N) is 1. The number of imidazole rings is 1. The summed E-state index contributed by atoms with van der Waals surface area (Å²) in [5.74, 6) is 2.03. The monoisotopic (exact) mass is 602 g/mol. The number of piperidine rings is 1. The fraction of sp³-hybridized carbons (Fsp3) is 0.371. The van der Waals surface area contributed by atoms with Gasteiger partial charge in [-0.05, 0) is 93.5 Å². The van der Waals surface area contributed by atoms with Crippen molar-refractivity contribution in [3.05, 3.63) is 59.8 Å². The molecule has 2 atom stereocenters. The van der Waals surface area contributed by atoms with Crippen molar-refractivity contribution in [2.24, 2.45) is 18.7 Å². The number of H-pyrrole nitrogens is 1. The zero-order valence-electron chi connectivity index (χ0n) is 26.2. The van der Waals surface area contributed by atoms with Gasteiger partial charge in [0.25, 0.3) is 5.91 Å². The Labute approximate surface area is 261 Å². The number of ether oxygens (including phenoxy) is 1. The maximum atomic E-state index is 13.7. The number of nitrogens with zero attached hydrogens (tertiary/aromatic N) is 6. The molecule has 1 aliphatic carbocycles. The Balaban J connectivity index is 1.25. The summed E-state index contributed by atoms with van der Waals surface area (Å²) in [5.41, 5.74) is 14.6. The van der Waals surface area contributed by atoms with Crippen molar-refractivity contribution in [1.29, 1.82) is 0 Å². The standard InChI is InChI=1S/C35H38N8O2/c1-19-11-28-24(16-37-40-28)12-26(19)27-10-8-22-14-30(43(33(22)38-27)17-21-6-7-21)34-39-29-13-23(15-31(45-4)32(29)41(34)3)35(44)42-18-25(36)9-5-20(42)2/h8,10-16,20-21,25H,5-7,9,17-18,36H2,1-4H3,(H,37,40)/t20-,25+/m0/s1. The molecule has 10 nitrogen and oxygen atoms in total. The third kappa shape index (κ3) is 4.66. The number of hydrogen-bond acceptors (Lipinski definition) is 6. The number of methoxy groups -OCH3 is 1. The third-order valence-corrected chi connectivity index (χ3v) is 9.75. The minimum absolute atomic E-state index is 0.00259. The number of likely N-dealkylation sites (tertiary alicyclic amines) is 1. The highest BCUT2D eigenvalue weighted by Crippen LogP contribution is 2.38. The number of rotatable bonds is 6. The minimum atomic E-state index is -0.0338. The molecule has 230 valence electrons. The van der Waals surface area contributed by atoms with E-state index in [2.05, 4.69) is 63.5 Å². The van der Waals surface area contributed by atoms with Crippen molar-refractivity contribution < 1.29 is 9.53 Å². The highest BCUT2D eigenvalue weighted by Gasteiger charge is 2.30. The average Bonchev–Trinajstić information content (AvgIpc) is 3.48. The molecule has 1 saturated heterocycles. The number of carbonyl (C=O) groups excluding carboxylic acids is 1. The molecular formula is C35H38N8O2. The maximum absolute atomic E-state index is 13.7. The van der Waals surface area contributed by atoms with Gasteiger partial charge in [-0.25, -0.2) is 9.97 Å². The van der Waals surface area contributed by atoms with Gasteiger partial charge in [-0.3, -0.25) is 9.89 Å². The summed E-state index contributed by atoms with van der Waals surface area (Å²) in [6.45, 7) is 5.64. The van der Waals surface area contributed by atoms with Crippen LogP contribution in [0.15, 0.2) is 48.7 Å². The van der Waals surface area contributed by atoms with Crippen LogP contribution >= 0.6 is 0 Å². The van der Waals surface area contributed by atoms with Crippen LogP contribution in [0, 0.1) is 12.8 Å². The predicted molar refractivity (Wildman–Crippen MR) is 176 cm³/mol. The van der Waals surface area contributed by atoms with Gasteiger partial charge in [0.2, 0.25) is 0 Å². The van der Waals surface area contributed by atoms with Crippen LogP contribution < -0.4 is 10.5 Å². The molecule has 5 heterocycles. The Kier molecular flexibility index (Phi) is 6.46. The number of aromatic nitrogens is 6. The molecule has 10 heteroatoms. The number of aromatic amines is 1. The number of benzene rings is 2. The fourth-order valence-corrected chi connectivity index (χ4v) is 6.98. The normalized spacial score (nSPS) is 18.8. The molecule has 2 aliphatic rings. The Hall–Kier alpha value is -4.70. The second-order valence-corrected chi connectivity index (χ2v) is 13.0. The number of nitrogens with one attached hydrogen (secondary N) is 1. The van der Waals surface area contributed by atoms with E-state index in [0.29, 0.717) is 23.8 Å². The topological polar surface area (TPSA) is 120 Å². The lowest BCUT2D eigenvalue weighted by molar-refractivity contribution is 0.0612. The summed E-state index contributed by atoms with van der Waals surface area (Å²) in [6, 6.07) is 14.6. The van der Waals surface area contributed by atoms with E-state index in [-0.39, 0.29) is 18.0 Å². The van der Waals surface area contributed by atoms with E-state index in [4.69, 9.17) is 20.4 Å². The number of hydrogen-bond donors (Lipinski definition) is 2. The van der Waals surface area contributed by atoms with E-state index in [1.165, 1.54) is 12.8 Å². The number of amides is 1.